The number of nitrogens with zero attached hydrogens (tertiary/aromatic N) is 2. The van der Waals surface area contributed by atoms with Crippen LogP contribution in [0.5, 0.6) is 11.5 Å². The summed E-state index contributed by atoms with van der Waals surface area (Å²) in [5, 5.41) is 2.91. The Kier molecular flexibility index (Phi) is 14.1. The molecule has 0 amide bonds. The van der Waals surface area contributed by atoms with Crippen molar-refractivity contribution in [1.82, 2.24) is 0 Å². The Morgan fingerprint density at radius 3 is 0.883 bits per heavy atom. The molecule has 0 radical (unpaired) electrons. The first-order valence-electron chi connectivity index (χ1n) is 29.4. The lowest BCUT2D eigenvalue weighted by molar-refractivity contribution is -0.185. The van der Waals surface area contributed by atoms with E-state index >= 15 is 19.2 Å². The van der Waals surface area contributed by atoms with E-state index < -0.39 is 67.5 Å². The van der Waals surface area contributed by atoms with Crippen molar-refractivity contribution in [3.8, 4) is 31.0 Å². The number of fused-ring (bicyclic) bond motifs is 13. The Bertz CT molecular complexity index is 5230. The molecule has 456 valence electrons. The molecule has 2 aliphatic heterocycles. The maximum Gasteiger partial charge on any atom is 0.367 e. The minimum atomic E-state index is -2.78. The van der Waals surface area contributed by atoms with Gasteiger partial charge in [-0.25, -0.2) is 29.2 Å². The fourth-order valence-corrected chi connectivity index (χ4v) is 17.0. The maximum atomic E-state index is 15.6. The van der Waals surface area contributed by atoms with Gasteiger partial charge in [0.2, 0.25) is 21.7 Å². The van der Waals surface area contributed by atoms with Crippen molar-refractivity contribution < 1.29 is 47.6 Å². The summed E-state index contributed by atoms with van der Waals surface area (Å²) < 4.78 is 39.1. The standard InChI is InChI=1S/C74H42N2O14S4/c77-57-47-29-43-25-13-14-26-44(43)30-48(47)58(78)55(57)75-53-33-51-63(91-53)65-61(89-73(51,69(81)85-35-39-17-5-1-6-18-39)70(82)86-36-40-19-7-2-8-20-40)67-68(93-65)62-66(94-67)64-52(34-54(92-64)76-56-59(79)49-31-45-27-15-16-28-46(45)32-50(49)60(56)80)74(90-62,71(83)87-37-41-21-9-3-10-22-41)72(84)88-38-42-23-11-4-12-24-42/h1-34H,35-38H2. The van der Waals surface area contributed by atoms with Crippen LogP contribution in [0.4, 0.5) is 10.0 Å². The molecule has 0 saturated heterocycles. The molecule has 0 bridgehead atoms. The van der Waals surface area contributed by atoms with Gasteiger partial charge in [0.25, 0.3) is 0 Å². The summed E-state index contributed by atoms with van der Waals surface area (Å²) in [5.74, 6) is -4.80. The van der Waals surface area contributed by atoms with Crippen molar-refractivity contribution in [2.24, 2.45) is 9.98 Å². The van der Waals surface area contributed by atoms with E-state index in [1.807, 2.05) is 48.5 Å². The van der Waals surface area contributed by atoms with E-state index in [0.29, 0.717) is 32.0 Å². The van der Waals surface area contributed by atoms with Crippen molar-refractivity contribution in [1.29, 1.82) is 0 Å². The second kappa shape index (κ2) is 22.9. The minimum Gasteiger partial charge on any atom is -0.457 e. The van der Waals surface area contributed by atoms with Gasteiger partial charge in [0.1, 0.15) is 36.4 Å². The van der Waals surface area contributed by atoms with E-state index in [-0.39, 0.29) is 99.8 Å². The largest absolute Gasteiger partial charge is 0.457 e. The Hall–Kier alpha value is -11.2. The lowest BCUT2D eigenvalue weighted by Gasteiger charge is -2.33. The number of rotatable bonds is 14. The van der Waals surface area contributed by atoms with Gasteiger partial charge in [-0.2, -0.15) is 0 Å². The molecule has 16 rings (SSSR count). The molecule has 14 aromatic rings. The fourth-order valence-electron chi connectivity index (χ4n) is 12.0. The van der Waals surface area contributed by atoms with Gasteiger partial charge in [0, 0.05) is 32.7 Å². The Morgan fingerprint density at radius 2 is 0.606 bits per heavy atom. The smallest absolute Gasteiger partial charge is 0.367 e. The third kappa shape index (κ3) is 9.51. The molecule has 0 aliphatic carbocycles. The van der Waals surface area contributed by atoms with E-state index in [9.17, 15) is 19.2 Å². The number of hydrogen-bond donors (Lipinski definition) is 0. The van der Waals surface area contributed by atoms with Gasteiger partial charge in [-0.1, -0.05) is 170 Å². The van der Waals surface area contributed by atoms with Gasteiger partial charge < -0.3 is 28.4 Å². The van der Waals surface area contributed by atoms with E-state index in [1.54, 1.807) is 146 Å². The lowest BCUT2D eigenvalue weighted by Crippen LogP contribution is -2.52. The Labute approximate surface area is 545 Å². The van der Waals surface area contributed by atoms with Gasteiger partial charge in [-0.3, -0.25) is 19.2 Å². The number of hydrogen-bond acceptors (Lipinski definition) is 20. The average molecular weight is 1310 g/mol. The molecule has 4 aromatic heterocycles. The summed E-state index contributed by atoms with van der Waals surface area (Å²) in [5.41, 5.74) is -5.91. The van der Waals surface area contributed by atoms with Crippen LogP contribution in [0.25, 0.3) is 72.0 Å². The molecule has 0 atom stereocenters. The van der Waals surface area contributed by atoms with Crippen LogP contribution in [0.1, 0.15) is 33.4 Å². The summed E-state index contributed by atoms with van der Waals surface area (Å²) in [4.78, 5) is 130. The van der Waals surface area contributed by atoms with Gasteiger partial charge in [0.05, 0.1) is 28.9 Å². The van der Waals surface area contributed by atoms with Crippen molar-refractivity contribution in [3.05, 3.63) is 291 Å². The van der Waals surface area contributed by atoms with Crippen LogP contribution in [0.15, 0.2) is 235 Å². The van der Waals surface area contributed by atoms with E-state index in [4.69, 9.17) is 38.4 Å². The first-order chi connectivity index (χ1) is 45.8. The van der Waals surface area contributed by atoms with Crippen LogP contribution >= 0.6 is 45.3 Å². The van der Waals surface area contributed by atoms with Gasteiger partial charge in [0.15, 0.2) is 22.2 Å². The minimum absolute atomic E-state index is 0.0354. The first kappa shape index (κ1) is 58.0. The number of esters is 4. The van der Waals surface area contributed by atoms with Crippen LogP contribution in [-0.2, 0) is 75.8 Å². The molecule has 0 fully saturated rings. The highest BCUT2D eigenvalue weighted by atomic mass is 32.1. The van der Waals surface area contributed by atoms with Crippen LogP contribution in [0, 0.1) is 0 Å². The highest BCUT2D eigenvalue weighted by Gasteiger charge is 2.62. The molecule has 2 aliphatic rings. The first-order valence-corrected chi connectivity index (χ1v) is 32.6. The quantitative estimate of drug-likeness (QED) is 0.0562. The molecular formula is C74H42N2O14S4. The number of carbonyl (C=O) groups is 4. The summed E-state index contributed by atoms with van der Waals surface area (Å²) in [6, 6.07) is 59.2. The molecular weight excluding hydrogens is 1270 g/mol. The molecule has 94 heavy (non-hydrogen) atoms. The molecule has 0 N–H and O–H groups in total. The third-order valence-electron chi connectivity index (χ3n) is 16.6. The van der Waals surface area contributed by atoms with Crippen molar-refractivity contribution >= 4 is 132 Å². The normalized spacial score (nSPS) is 13.3. The van der Waals surface area contributed by atoms with Gasteiger partial charge in [-0.15, -0.1) is 45.3 Å². The summed E-state index contributed by atoms with van der Waals surface area (Å²) in [6.45, 7) is -1.26. The van der Waals surface area contributed by atoms with Crippen molar-refractivity contribution in [3.63, 3.8) is 0 Å². The summed E-state index contributed by atoms with van der Waals surface area (Å²) in [7, 11) is 0. The molecule has 20 heteroatoms. The second-order valence-electron chi connectivity index (χ2n) is 22.4. The Morgan fingerprint density at radius 1 is 0.340 bits per heavy atom. The fraction of sp³-hybridized carbons (Fsp3) is 0.0811. The maximum absolute atomic E-state index is 15.6. The Balaban J connectivity index is 0.919. The third-order valence-corrected chi connectivity index (χ3v) is 21.5. The predicted octanol–water partition coefficient (Wildman–Crippen LogP) is 12.8. The van der Waals surface area contributed by atoms with Crippen LogP contribution < -0.4 is 41.9 Å². The monoisotopic (exact) mass is 1310 g/mol. The predicted molar refractivity (Wildman–Crippen MR) is 359 cm³/mol. The van der Waals surface area contributed by atoms with Crippen LogP contribution in [0.2, 0.25) is 0 Å². The van der Waals surface area contributed by atoms with Crippen LogP contribution in [-0.4, -0.2) is 23.9 Å². The number of ether oxygens (including phenoxy) is 6. The zero-order chi connectivity index (χ0) is 64.0. The molecule has 0 unspecified atom stereocenters. The summed E-state index contributed by atoms with van der Waals surface area (Å²) in [6.07, 6.45) is 0. The van der Waals surface area contributed by atoms with Crippen molar-refractivity contribution in [2.45, 2.75) is 37.6 Å². The molecule has 0 saturated carbocycles. The lowest BCUT2D eigenvalue weighted by atomic mass is 9.90. The van der Waals surface area contributed by atoms with Crippen LogP contribution in [0.3, 0.4) is 0 Å². The summed E-state index contributed by atoms with van der Waals surface area (Å²) >= 11 is 4.07. The molecule has 10 aromatic carbocycles. The topological polar surface area (TPSA) is 217 Å². The van der Waals surface area contributed by atoms with E-state index in [2.05, 4.69) is 0 Å². The average Bonchev–Trinajstić information content (AvgIpc) is 1.51. The SMILES string of the molecule is O=C(OCc1ccccc1)C1(C(=O)OCc2ccccc2)Oc2c(sc3c4c(sc23)-c2sc(N=c3c(=O)c5cc6ccccc6cc5c3=O)cc2C(C(=O)OCc2ccccc2)(C(=O)OCc2ccccc2)O4)-c2sc(N=c3c(=O)c4cc5ccccc5cc4c3=O)cc21. The molecule has 6 heterocycles. The highest BCUT2D eigenvalue weighted by Crippen LogP contribution is 2.65. The molecule has 0 spiro atoms. The highest BCUT2D eigenvalue weighted by molar-refractivity contribution is 7.35. The number of benzene rings is 8. The second-order valence-corrected chi connectivity index (χ2v) is 26.5. The van der Waals surface area contributed by atoms with E-state index in [0.717, 1.165) is 66.9 Å². The van der Waals surface area contributed by atoms with Gasteiger partial charge >= 0.3 is 35.1 Å². The van der Waals surface area contributed by atoms with E-state index in [1.165, 1.54) is 12.1 Å². The number of carbonyl (C=O) groups excluding carboxylic acids is 4. The zero-order valence-electron chi connectivity index (χ0n) is 48.7. The van der Waals surface area contributed by atoms with Gasteiger partial charge in [-0.05, 0) is 80.2 Å². The number of thiophene rings is 4. The zero-order valence-corrected chi connectivity index (χ0v) is 52.0. The molecule has 16 nitrogen and oxygen atoms in total. The van der Waals surface area contributed by atoms with Crippen molar-refractivity contribution in [2.75, 3.05) is 0 Å².